The Labute approximate surface area is 109 Å². The summed E-state index contributed by atoms with van der Waals surface area (Å²) < 4.78 is 3.09. The van der Waals surface area contributed by atoms with Crippen LogP contribution in [0.1, 0.15) is 11.1 Å². The second kappa shape index (κ2) is 4.18. The predicted octanol–water partition coefficient (Wildman–Crippen LogP) is 2.75. The number of hydrogen-bond acceptors (Lipinski definition) is 2. The zero-order valence-electron chi connectivity index (χ0n) is 9.73. The quantitative estimate of drug-likeness (QED) is 0.806. The van der Waals surface area contributed by atoms with Crippen molar-refractivity contribution in [2.24, 2.45) is 7.05 Å². The van der Waals surface area contributed by atoms with Crippen molar-refractivity contribution >= 4 is 21.6 Å². The number of aromatic nitrogens is 2. The maximum Gasteiger partial charge on any atom is 0.0755 e. The van der Waals surface area contributed by atoms with Crippen LogP contribution in [0.5, 0.6) is 0 Å². The third kappa shape index (κ3) is 1.97. The van der Waals surface area contributed by atoms with Crippen molar-refractivity contribution in [1.82, 2.24) is 9.78 Å². The minimum Gasteiger partial charge on any atom is -0.364 e. The number of nitrogens with zero attached hydrogens (tertiary/aromatic N) is 3. The summed E-state index contributed by atoms with van der Waals surface area (Å²) in [4.78, 5) is 2.38. The highest BCUT2D eigenvalue weighted by Gasteiger charge is 2.18. The molecule has 0 aliphatic carbocycles. The molecule has 0 spiro atoms. The molecular weight excluding hydrogens is 278 g/mol. The smallest absolute Gasteiger partial charge is 0.0755 e. The van der Waals surface area contributed by atoms with Crippen molar-refractivity contribution in [2.45, 2.75) is 13.0 Å². The van der Waals surface area contributed by atoms with Gasteiger partial charge >= 0.3 is 0 Å². The Morgan fingerprint density at radius 2 is 2.24 bits per heavy atom. The van der Waals surface area contributed by atoms with Gasteiger partial charge in [-0.15, -0.1) is 0 Å². The summed E-state index contributed by atoms with van der Waals surface area (Å²) in [5.74, 6) is 0. The van der Waals surface area contributed by atoms with Crippen LogP contribution >= 0.6 is 15.9 Å². The molecule has 0 unspecified atom stereocenters. The lowest BCUT2D eigenvalue weighted by Gasteiger charge is -2.30. The molecule has 1 aliphatic rings. The number of fused-ring (bicyclic) bond motifs is 1. The summed E-state index contributed by atoms with van der Waals surface area (Å²) in [6.07, 6.45) is 5.09. The van der Waals surface area contributed by atoms with E-state index in [9.17, 15) is 0 Å². The first-order valence-corrected chi connectivity index (χ1v) is 6.53. The lowest BCUT2D eigenvalue weighted by atomic mass is 10.00. The lowest BCUT2D eigenvalue weighted by molar-refractivity contribution is 0.727. The largest absolute Gasteiger partial charge is 0.364 e. The zero-order valence-corrected chi connectivity index (χ0v) is 11.3. The van der Waals surface area contributed by atoms with Gasteiger partial charge in [-0.1, -0.05) is 28.1 Å². The number of rotatable bonds is 1. The highest BCUT2D eigenvalue weighted by atomic mass is 79.9. The van der Waals surface area contributed by atoms with E-state index in [0.29, 0.717) is 0 Å². The Hall–Kier alpha value is -1.29. The van der Waals surface area contributed by atoms with Gasteiger partial charge in [0.05, 0.1) is 11.9 Å². The van der Waals surface area contributed by atoms with Crippen LogP contribution in [0, 0.1) is 0 Å². The highest BCUT2D eigenvalue weighted by molar-refractivity contribution is 9.10. The van der Waals surface area contributed by atoms with Crippen molar-refractivity contribution < 1.29 is 0 Å². The molecule has 0 saturated carbocycles. The summed E-state index contributed by atoms with van der Waals surface area (Å²) in [6.45, 7) is 2.03. The monoisotopic (exact) mass is 291 g/mol. The molecule has 2 heterocycles. The van der Waals surface area contributed by atoms with E-state index in [1.165, 1.54) is 21.3 Å². The van der Waals surface area contributed by atoms with Crippen LogP contribution in [-0.4, -0.2) is 16.3 Å². The first-order valence-electron chi connectivity index (χ1n) is 5.74. The second-order valence-corrected chi connectivity index (χ2v) is 5.28. The average molecular weight is 292 g/mol. The Balaban J connectivity index is 1.90. The maximum atomic E-state index is 4.23. The summed E-state index contributed by atoms with van der Waals surface area (Å²) in [6, 6.07) is 6.44. The number of hydrogen-bond donors (Lipinski definition) is 0. The summed E-state index contributed by atoms with van der Waals surface area (Å²) in [5, 5.41) is 4.23. The molecule has 0 radical (unpaired) electrons. The van der Waals surface area contributed by atoms with Crippen LogP contribution < -0.4 is 4.90 Å². The summed E-state index contributed by atoms with van der Waals surface area (Å²) >= 11 is 3.63. The van der Waals surface area contributed by atoms with Gasteiger partial charge in [-0.25, -0.2) is 0 Å². The van der Waals surface area contributed by atoms with Crippen LogP contribution in [-0.2, 0) is 20.0 Å². The van der Waals surface area contributed by atoms with Crippen molar-refractivity contribution in [2.75, 3.05) is 11.4 Å². The molecule has 4 heteroatoms. The van der Waals surface area contributed by atoms with Gasteiger partial charge in [0.15, 0.2) is 0 Å². The van der Waals surface area contributed by atoms with E-state index in [2.05, 4.69) is 50.3 Å². The minimum absolute atomic E-state index is 0.973. The molecule has 0 bridgehead atoms. The average Bonchev–Trinajstić information content (AvgIpc) is 2.76. The fourth-order valence-corrected chi connectivity index (χ4v) is 2.96. The summed E-state index contributed by atoms with van der Waals surface area (Å²) in [5.41, 5.74) is 4.07. The molecule has 2 aromatic rings. The van der Waals surface area contributed by atoms with Crippen molar-refractivity contribution in [1.29, 1.82) is 0 Å². The van der Waals surface area contributed by atoms with Crippen molar-refractivity contribution in [3.63, 3.8) is 0 Å². The standard InChI is InChI=1S/C13H14BrN3/c1-16-9-11(7-15-16)17-6-5-12-10(8-17)3-2-4-13(12)14/h2-4,7,9H,5-6,8H2,1H3. The molecule has 88 valence electrons. The molecular formula is C13H14BrN3. The number of aryl methyl sites for hydroxylation is 1. The van der Waals surface area contributed by atoms with E-state index in [1.807, 2.05) is 17.9 Å². The first kappa shape index (κ1) is 10.8. The molecule has 0 N–H and O–H groups in total. The molecule has 17 heavy (non-hydrogen) atoms. The zero-order chi connectivity index (χ0) is 11.8. The molecule has 3 nitrogen and oxygen atoms in total. The van der Waals surface area contributed by atoms with Gasteiger partial charge in [0.1, 0.15) is 0 Å². The third-order valence-corrected chi connectivity index (χ3v) is 4.01. The number of anilines is 1. The normalized spacial score (nSPS) is 14.8. The fourth-order valence-electron chi connectivity index (χ4n) is 2.35. The van der Waals surface area contributed by atoms with Crippen LogP contribution in [0.15, 0.2) is 35.1 Å². The van der Waals surface area contributed by atoms with Gasteiger partial charge in [0.25, 0.3) is 0 Å². The molecule has 1 aromatic heterocycles. The Kier molecular flexibility index (Phi) is 2.67. The predicted molar refractivity (Wildman–Crippen MR) is 72.1 cm³/mol. The molecule has 1 aromatic carbocycles. The molecule has 0 atom stereocenters. The van der Waals surface area contributed by atoms with Crippen LogP contribution in [0.2, 0.25) is 0 Å². The molecule has 3 rings (SSSR count). The SMILES string of the molecule is Cn1cc(N2CCc3c(Br)cccc3C2)cn1. The first-order chi connectivity index (χ1) is 8.24. The van der Waals surface area contributed by atoms with E-state index in [0.717, 1.165) is 19.5 Å². The molecule has 1 aliphatic heterocycles. The second-order valence-electron chi connectivity index (χ2n) is 4.42. The highest BCUT2D eigenvalue weighted by Crippen LogP contribution is 2.28. The van der Waals surface area contributed by atoms with Crippen LogP contribution in [0.3, 0.4) is 0 Å². The molecule has 0 fully saturated rings. The van der Waals surface area contributed by atoms with Gasteiger partial charge in [-0.05, 0) is 23.6 Å². The Morgan fingerprint density at radius 3 is 3.00 bits per heavy atom. The Morgan fingerprint density at radius 1 is 1.35 bits per heavy atom. The third-order valence-electron chi connectivity index (χ3n) is 3.27. The van der Waals surface area contributed by atoms with Gasteiger partial charge in [-0.2, -0.15) is 5.10 Å². The van der Waals surface area contributed by atoms with Gasteiger partial charge < -0.3 is 4.90 Å². The topological polar surface area (TPSA) is 21.1 Å². The van der Waals surface area contributed by atoms with E-state index in [-0.39, 0.29) is 0 Å². The van der Waals surface area contributed by atoms with Crippen molar-refractivity contribution in [3.8, 4) is 0 Å². The fraction of sp³-hybridized carbons (Fsp3) is 0.308. The Bertz CT molecular complexity index is 547. The minimum atomic E-state index is 0.973. The van der Waals surface area contributed by atoms with Crippen molar-refractivity contribution in [3.05, 3.63) is 46.2 Å². The molecule has 0 saturated heterocycles. The van der Waals surface area contributed by atoms with Gasteiger partial charge in [0, 0.05) is 30.8 Å². The molecule has 0 amide bonds. The summed E-state index contributed by atoms with van der Waals surface area (Å²) in [7, 11) is 1.96. The van der Waals surface area contributed by atoms with Gasteiger partial charge in [0.2, 0.25) is 0 Å². The van der Waals surface area contributed by atoms with E-state index >= 15 is 0 Å². The van der Waals surface area contributed by atoms with E-state index < -0.39 is 0 Å². The van der Waals surface area contributed by atoms with Gasteiger partial charge in [-0.3, -0.25) is 4.68 Å². The maximum absolute atomic E-state index is 4.23. The van der Waals surface area contributed by atoms with E-state index in [4.69, 9.17) is 0 Å². The van der Waals surface area contributed by atoms with Crippen LogP contribution in [0.25, 0.3) is 0 Å². The van der Waals surface area contributed by atoms with E-state index in [1.54, 1.807) is 0 Å². The number of halogens is 1. The lowest BCUT2D eigenvalue weighted by Crippen LogP contribution is -2.30. The number of benzene rings is 1. The van der Waals surface area contributed by atoms with Crippen LogP contribution in [0.4, 0.5) is 5.69 Å².